The summed E-state index contributed by atoms with van der Waals surface area (Å²) < 4.78 is 0. The van der Waals surface area contributed by atoms with E-state index in [0.717, 1.165) is 16.1 Å². The van der Waals surface area contributed by atoms with Crippen molar-refractivity contribution in [1.82, 2.24) is 0 Å². The molecule has 1 aromatic carbocycles. The highest BCUT2D eigenvalue weighted by molar-refractivity contribution is 7.12. The molecule has 0 unspecified atom stereocenters. The van der Waals surface area contributed by atoms with Gasteiger partial charge in [0.2, 0.25) is 0 Å². The lowest BCUT2D eigenvalue weighted by Crippen LogP contribution is -1.84. The zero-order valence-electron chi connectivity index (χ0n) is 8.45. The van der Waals surface area contributed by atoms with Gasteiger partial charge in [-0.15, -0.1) is 11.3 Å². The Balaban J connectivity index is 2.25. The minimum Gasteiger partial charge on any atom is -0.399 e. The summed E-state index contributed by atoms with van der Waals surface area (Å²) >= 11 is 1.71. The Labute approximate surface area is 93.6 Å². The molecule has 1 nitrogen and oxygen atoms in total. The van der Waals surface area contributed by atoms with E-state index in [2.05, 4.69) is 24.8 Å². The maximum absolute atomic E-state index is 5.67. The van der Waals surface area contributed by atoms with E-state index in [1.807, 2.05) is 30.3 Å². The second-order valence-electron chi connectivity index (χ2n) is 3.29. The summed E-state index contributed by atoms with van der Waals surface area (Å²) in [5.41, 5.74) is 7.38. The zero-order chi connectivity index (χ0) is 10.7. The van der Waals surface area contributed by atoms with Crippen molar-refractivity contribution in [2.45, 2.75) is 6.92 Å². The largest absolute Gasteiger partial charge is 0.399 e. The van der Waals surface area contributed by atoms with Crippen LogP contribution in [0.2, 0.25) is 0 Å². The lowest BCUT2D eigenvalue weighted by atomic mass is 10.2. The molecule has 0 saturated heterocycles. The molecule has 0 aliphatic rings. The van der Waals surface area contributed by atoms with Crippen LogP contribution in [-0.2, 0) is 0 Å². The summed E-state index contributed by atoms with van der Waals surface area (Å²) in [5, 5.41) is 0. The highest BCUT2D eigenvalue weighted by atomic mass is 32.1. The third-order valence-corrected chi connectivity index (χ3v) is 2.87. The maximum Gasteiger partial charge on any atom is 0.0775 e. The Kier molecular flexibility index (Phi) is 2.75. The number of hydrogen-bond acceptors (Lipinski definition) is 2. The normalized spacial score (nSPS) is 9.40. The molecule has 0 aliphatic carbocycles. The van der Waals surface area contributed by atoms with E-state index in [1.165, 1.54) is 4.88 Å². The molecule has 0 radical (unpaired) electrons. The first-order chi connectivity index (χ1) is 7.24. The van der Waals surface area contributed by atoms with E-state index in [0.29, 0.717) is 0 Å². The summed E-state index contributed by atoms with van der Waals surface area (Å²) in [6.07, 6.45) is 0. The quantitative estimate of drug-likeness (QED) is 0.528. The average Bonchev–Trinajstić information content (AvgIpc) is 2.62. The van der Waals surface area contributed by atoms with E-state index >= 15 is 0 Å². The van der Waals surface area contributed by atoms with Gasteiger partial charge in [0.25, 0.3) is 0 Å². The molecule has 2 aromatic rings. The van der Waals surface area contributed by atoms with Crippen molar-refractivity contribution in [2.24, 2.45) is 0 Å². The molecule has 15 heavy (non-hydrogen) atoms. The maximum atomic E-state index is 5.67. The Hall–Kier alpha value is -1.72. The third-order valence-electron chi connectivity index (χ3n) is 1.96. The standard InChI is InChI=1S/C13H11NS/c1-10-5-7-13(15-10)8-6-11-3-2-4-12(14)9-11/h2-5,7,9H,14H2,1H3. The fourth-order valence-corrected chi connectivity index (χ4v) is 1.97. The molecule has 1 aromatic heterocycles. The van der Waals surface area contributed by atoms with Crippen molar-refractivity contribution in [1.29, 1.82) is 0 Å². The van der Waals surface area contributed by atoms with Gasteiger partial charge < -0.3 is 5.73 Å². The molecule has 2 N–H and O–H groups in total. The van der Waals surface area contributed by atoms with Gasteiger partial charge in [0.1, 0.15) is 0 Å². The fraction of sp³-hybridized carbons (Fsp3) is 0.0769. The molecule has 0 aliphatic heterocycles. The molecule has 0 saturated carbocycles. The SMILES string of the molecule is Cc1ccc(C#Cc2cccc(N)c2)s1. The Morgan fingerprint density at radius 1 is 1.13 bits per heavy atom. The number of nitrogen functional groups attached to an aromatic ring is 1. The monoisotopic (exact) mass is 213 g/mol. The van der Waals surface area contributed by atoms with E-state index in [1.54, 1.807) is 11.3 Å². The highest BCUT2D eigenvalue weighted by Gasteiger charge is 1.91. The van der Waals surface area contributed by atoms with Gasteiger partial charge in [0, 0.05) is 16.1 Å². The summed E-state index contributed by atoms with van der Waals surface area (Å²) in [7, 11) is 0. The lowest BCUT2D eigenvalue weighted by molar-refractivity contribution is 1.63. The summed E-state index contributed by atoms with van der Waals surface area (Å²) in [4.78, 5) is 2.38. The molecule has 2 heteroatoms. The van der Waals surface area contributed by atoms with E-state index in [9.17, 15) is 0 Å². The molecule has 0 fully saturated rings. The van der Waals surface area contributed by atoms with Crippen LogP contribution in [0.25, 0.3) is 0 Å². The van der Waals surface area contributed by atoms with Gasteiger partial charge in [-0.2, -0.15) is 0 Å². The van der Waals surface area contributed by atoms with Crippen molar-refractivity contribution in [3.63, 3.8) is 0 Å². The van der Waals surface area contributed by atoms with E-state index in [-0.39, 0.29) is 0 Å². The average molecular weight is 213 g/mol. The van der Waals surface area contributed by atoms with Crippen LogP contribution in [0.3, 0.4) is 0 Å². The van der Waals surface area contributed by atoms with Gasteiger partial charge >= 0.3 is 0 Å². The predicted octanol–water partition coefficient (Wildman–Crippen LogP) is 3.04. The molecule has 74 valence electrons. The first kappa shape index (κ1) is 9.82. The smallest absolute Gasteiger partial charge is 0.0775 e. The predicted molar refractivity (Wildman–Crippen MR) is 65.9 cm³/mol. The van der Waals surface area contributed by atoms with Gasteiger partial charge in [-0.05, 0) is 37.3 Å². The number of anilines is 1. The molecule has 0 spiro atoms. The van der Waals surface area contributed by atoms with Crippen LogP contribution in [0.5, 0.6) is 0 Å². The van der Waals surface area contributed by atoms with Gasteiger partial charge in [-0.1, -0.05) is 17.9 Å². The van der Waals surface area contributed by atoms with Crippen molar-refractivity contribution in [3.05, 3.63) is 51.7 Å². The van der Waals surface area contributed by atoms with E-state index < -0.39 is 0 Å². The number of hydrogen-bond donors (Lipinski definition) is 1. The van der Waals surface area contributed by atoms with Crippen molar-refractivity contribution in [2.75, 3.05) is 5.73 Å². The Bertz CT molecular complexity index is 529. The third kappa shape index (κ3) is 2.61. The minimum absolute atomic E-state index is 0.754. The second kappa shape index (κ2) is 4.20. The van der Waals surface area contributed by atoms with E-state index in [4.69, 9.17) is 5.73 Å². The number of aryl methyl sites for hydroxylation is 1. The highest BCUT2D eigenvalue weighted by Crippen LogP contribution is 2.13. The number of benzene rings is 1. The summed E-state index contributed by atoms with van der Waals surface area (Å²) in [6, 6.07) is 11.7. The van der Waals surface area contributed by atoms with Crippen molar-refractivity contribution in [3.8, 4) is 11.8 Å². The van der Waals surface area contributed by atoms with Crippen LogP contribution in [0.1, 0.15) is 15.3 Å². The van der Waals surface area contributed by atoms with Crippen LogP contribution in [0.15, 0.2) is 36.4 Å². The van der Waals surface area contributed by atoms with Crippen molar-refractivity contribution >= 4 is 17.0 Å². The van der Waals surface area contributed by atoms with Crippen LogP contribution < -0.4 is 5.73 Å². The van der Waals surface area contributed by atoms with Crippen molar-refractivity contribution < 1.29 is 0 Å². The zero-order valence-corrected chi connectivity index (χ0v) is 9.27. The van der Waals surface area contributed by atoms with Crippen LogP contribution in [-0.4, -0.2) is 0 Å². The second-order valence-corrected chi connectivity index (χ2v) is 4.57. The van der Waals surface area contributed by atoms with Gasteiger partial charge in [0.05, 0.1) is 4.88 Å². The topological polar surface area (TPSA) is 26.0 Å². The number of thiophene rings is 1. The minimum atomic E-state index is 0.754. The molecule has 2 rings (SSSR count). The van der Waals surface area contributed by atoms with Gasteiger partial charge in [0.15, 0.2) is 0 Å². The molecule has 1 heterocycles. The summed E-state index contributed by atoms with van der Waals surface area (Å²) in [6.45, 7) is 2.08. The number of rotatable bonds is 0. The molecular formula is C13H11NS. The number of nitrogens with two attached hydrogens (primary N) is 1. The summed E-state index contributed by atoms with van der Waals surface area (Å²) in [5.74, 6) is 6.22. The fourth-order valence-electron chi connectivity index (χ4n) is 1.25. The van der Waals surface area contributed by atoms with Crippen LogP contribution in [0, 0.1) is 18.8 Å². The van der Waals surface area contributed by atoms with Gasteiger partial charge in [-0.3, -0.25) is 0 Å². The molecular weight excluding hydrogens is 202 g/mol. The Morgan fingerprint density at radius 2 is 2.00 bits per heavy atom. The van der Waals surface area contributed by atoms with Gasteiger partial charge in [-0.25, -0.2) is 0 Å². The first-order valence-electron chi connectivity index (χ1n) is 4.68. The van der Waals surface area contributed by atoms with Crippen LogP contribution >= 0.6 is 11.3 Å². The molecule has 0 amide bonds. The lowest BCUT2D eigenvalue weighted by Gasteiger charge is -1.91. The Morgan fingerprint density at radius 3 is 2.67 bits per heavy atom. The molecule has 0 bridgehead atoms. The molecule has 0 atom stereocenters. The van der Waals surface area contributed by atoms with Crippen LogP contribution in [0.4, 0.5) is 5.69 Å². The first-order valence-corrected chi connectivity index (χ1v) is 5.50.